The number of nitriles is 2. The highest BCUT2D eigenvalue weighted by atomic mass is 32.1. The number of furan rings is 1. The summed E-state index contributed by atoms with van der Waals surface area (Å²) >= 11 is 1.81. The van der Waals surface area contributed by atoms with Gasteiger partial charge in [-0.1, -0.05) is 60.7 Å². The van der Waals surface area contributed by atoms with E-state index in [9.17, 15) is 10.5 Å². The van der Waals surface area contributed by atoms with E-state index < -0.39 is 0 Å². The fourth-order valence-corrected chi connectivity index (χ4v) is 7.85. The zero-order valence-electron chi connectivity index (χ0n) is 22.6. The van der Waals surface area contributed by atoms with E-state index in [1.54, 1.807) is 6.07 Å². The van der Waals surface area contributed by atoms with Gasteiger partial charge in [0.1, 0.15) is 11.2 Å². The third-order valence-corrected chi connectivity index (χ3v) is 9.66. The average Bonchev–Trinajstić information content (AvgIpc) is 3.73. The summed E-state index contributed by atoms with van der Waals surface area (Å²) in [5, 5.41) is 26.6. The molecule has 6 aromatic carbocycles. The molecule has 3 heterocycles. The van der Waals surface area contributed by atoms with Gasteiger partial charge >= 0.3 is 0 Å². The first-order valence-corrected chi connectivity index (χ1v) is 14.8. The van der Waals surface area contributed by atoms with Crippen LogP contribution in [-0.4, -0.2) is 4.57 Å². The molecule has 0 saturated carbocycles. The predicted molar refractivity (Wildman–Crippen MR) is 176 cm³/mol. The van der Waals surface area contributed by atoms with Crippen LogP contribution < -0.4 is 0 Å². The molecule has 9 aromatic rings. The lowest BCUT2D eigenvalue weighted by Gasteiger charge is -2.16. The highest BCUT2D eigenvalue weighted by Gasteiger charge is 2.21. The number of para-hydroxylation sites is 1. The minimum atomic E-state index is 0.580. The number of thiophene rings is 1. The molecule has 0 atom stereocenters. The first-order valence-electron chi connectivity index (χ1n) is 14.0. The number of rotatable bonds is 2. The molecule has 198 valence electrons. The van der Waals surface area contributed by atoms with Gasteiger partial charge in [0, 0.05) is 42.6 Å². The van der Waals surface area contributed by atoms with Crippen molar-refractivity contribution in [2.24, 2.45) is 0 Å². The zero-order valence-corrected chi connectivity index (χ0v) is 23.4. The molecule has 0 spiro atoms. The molecule has 43 heavy (non-hydrogen) atoms. The lowest BCUT2D eigenvalue weighted by atomic mass is 9.96. The molecule has 0 unspecified atom stereocenters. The second-order valence-corrected chi connectivity index (χ2v) is 11.8. The highest BCUT2D eigenvalue weighted by molar-refractivity contribution is 7.26. The molecule has 0 amide bonds. The minimum absolute atomic E-state index is 0.580. The van der Waals surface area contributed by atoms with Crippen LogP contribution >= 0.6 is 11.3 Å². The first kappa shape index (κ1) is 23.8. The van der Waals surface area contributed by atoms with Crippen molar-refractivity contribution < 1.29 is 4.42 Å². The summed E-state index contributed by atoms with van der Waals surface area (Å²) < 4.78 is 10.9. The molecule has 3 aromatic heterocycles. The van der Waals surface area contributed by atoms with Crippen molar-refractivity contribution in [3.8, 4) is 29.0 Å². The van der Waals surface area contributed by atoms with Crippen LogP contribution in [0.15, 0.2) is 120 Å². The van der Waals surface area contributed by atoms with Crippen molar-refractivity contribution in [3.05, 3.63) is 126 Å². The van der Waals surface area contributed by atoms with E-state index in [0.717, 1.165) is 49.8 Å². The molecule has 9 rings (SSSR count). The fourth-order valence-electron chi connectivity index (χ4n) is 6.61. The van der Waals surface area contributed by atoms with Crippen molar-refractivity contribution in [3.63, 3.8) is 0 Å². The molecule has 4 nitrogen and oxygen atoms in total. The second-order valence-electron chi connectivity index (χ2n) is 10.7. The van der Waals surface area contributed by atoms with Crippen molar-refractivity contribution in [1.29, 1.82) is 10.5 Å². The van der Waals surface area contributed by atoms with E-state index in [1.165, 1.54) is 30.9 Å². The van der Waals surface area contributed by atoms with Gasteiger partial charge in [-0.25, -0.2) is 0 Å². The minimum Gasteiger partial charge on any atom is -0.456 e. The van der Waals surface area contributed by atoms with Gasteiger partial charge in [0.2, 0.25) is 0 Å². The zero-order chi connectivity index (χ0) is 28.7. The summed E-state index contributed by atoms with van der Waals surface area (Å²) in [5.74, 6) is 0. The Morgan fingerprint density at radius 1 is 0.605 bits per heavy atom. The maximum atomic E-state index is 10.4. The molecule has 0 saturated heterocycles. The maximum Gasteiger partial charge on any atom is 0.135 e. The molecule has 0 aliphatic rings. The summed E-state index contributed by atoms with van der Waals surface area (Å²) in [4.78, 5) is 0. The normalized spacial score (nSPS) is 11.7. The van der Waals surface area contributed by atoms with Crippen LogP contribution in [0.5, 0.6) is 0 Å². The predicted octanol–water partition coefficient (Wildman–Crippen LogP) is 10.5. The van der Waals surface area contributed by atoms with Crippen LogP contribution in [0.4, 0.5) is 0 Å². The quantitative estimate of drug-likeness (QED) is 0.209. The van der Waals surface area contributed by atoms with Crippen molar-refractivity contribution in [1.82, 2.24) is 4.57 Å². The lowest BCUT2D eigenvalue weighted by Crippen LogP contribution is -1.99. The molecule has 0 radical (unpaired) electrons. The van der Waals surface area contributed by atoms with Gasteiger partial charge in [0.15, 0.2) is 0 Å². The molecule has 0 N–H and O–H groups in total. The Balaban J connectivity index is 1.42. The monoisotopic (exact) mass is 565 g/mol. The molecule has 0 aliphatic heterocycles. The van der Waals surface area contributed by atoms with E-state index in [1.807, 2.05) is 47.7 Å². The van der Waals surface area contributed by atoms with Crippen molar-refractivity contribution in [2.75, 3.05) is 0 Å². The Bertz CT molecular complexity index is 2710. The first-order chi connectivity index (χ1) is 21.2. The van der Waals surface area contributed by atoms with Gasteiger partial charge in [0.25, 0.3) is 0 Å². The topological polar surface area (TPSA) is 65.7 Å². The number of benzene rings is 6. The van der Waals surface area contributed by atoms with Crippen LogP contribution in [0.1, 0.15) is 11.1 Å². The number of aromatic nitrogens is 1. The van der Waals surface area contributed by atoms with Crippen LogP contribution in [0.25, 0.3) is 80.7 Å². The summed E-state index contributed by atoms with van der Waals surface area (Å²) in [7, 11) is 0. The third kappa shape index (κ3) is 3.29. The molecule has 5 heteroatoms. The number of fused-ring (bicyclic) bond motifs is 10. The van der Waals surface area contributed by atoms with Crippen LogP contribution in [0.2, 0.25) is 0 Å². The Labute approximate surface area is 249 Å². The smallest absolute Gasteiger partial charge is 0.135 e. The van der Waals surface area contributed by atoms with Gasteiger partial charge in [-0.3, -0.25) is 0 Å². The van der Waals surface area contributed by atoms with Gasteiger partial charge in [-0.2, -0.15) is 10.5 Å². The Morgan fingerprint density at radius 2 is 1.37 bits per heavy atom. The Kier molecular flexibility index (Phi) is 4.87. The lowest BCUT2D eigenvalue weighted by molar-refractivity contribution is 0.669. The highest BCUT2D eigenvalue weighted by Crippen LogP contribution is 2.45. The number of hydrogen-bond donors (Lipinski definition) is 0. The van der Waals surface area contributed by atoms with Crippen molar-refractivity contribution in [2.45, 2.75) is 0 Å². The number of nitrogens with zero attached hydrogens (tertiary/aromatic N) is 3. The summed E-state index contributed by atoms with van der Waals surface area (Å²) in [6.45, 7) is 0. The second kappa shape index (κ2) is 8.81. The van der Waals surface area contributed by atoms with E-state index in [-0.39, 0.29) is 0 Å². The van der Waals surface area contributed by atoms with Crippen LogP contribution in [0, 0.1) is 22.7 Å². The van der Waals surface area contributed by atoms with Gasteiger partial charge in [-0.15, -0.1) is 11.3 Å². The standard InChI is InChI=1S/C38H19N3OS/c39-20-22-12-16-33-29(18-22)30-19-23(13-17-34(30)42-33)36-24(21-40)6-5-10-32(36)41-31-9-3-1-7-25(31)27-14-15-28-26-8-2-4-11-35(26)43-38(28)37(27)41/h1-19H. The SMILES string of the molecule is N#Cc1ccc2oc3ccc(-c4c(C#N)cccc4-n4c5ccccc5c5ccc6c7ccccc7sc6c54)cc3c2c1. The van der Waals surface area contributed by atoms with E-state index in [2.05, 4.69) is 89.5 Å². The van der Waals surface area contributed by atoms with Crippen molar-refractivity contribution >= 4 is 75.3 Å². The summed E-state index contributed by atoms with van der Waals surface area (Å²) in [5.41, 5.74) is 7.60. The molecule has 0 bridgehead atoms. The largest absolute Gasteiger partial charge is 0.456 e. The number of hydrogen-bond acceptors (Lipinski definition) is 4. The molecular weight excluding hydrogens is 547 g/mol. The third-order valence-electron chi connectivity index (χ3n) is 8.47. The fraction of sp³-hybridized carbons (Fsp3) is 0. The molecular formula is C38H19N3OS. The van der Waals surface area contributed by atoms with E-state index >= 15 is 0 Å². The maximum absolute atomic E-state index is 10.4. The van der Waals surface area contributed by atoms with Gasteiger partial charge < -0.3 is 8.98 Å². The van der Waals surface area contributed by atoms with Gasteiger partial charge in [-0.05, 0) is 60.2 Å². The average molecular weight is 566 g/mol. The van der Waals surface area contributed by atoms with Crippen LogP contribution in [0.3, 0.4) is 0 Å². The molecule has 0 fully saturated rings. The Morgan fingerprint density at radius 3 is 2.23 bits per heavy atom. The summed E-state index contributed by atoms with van der Waals surface area (Å²) in [6.07, 6.45) is 0. The van der Waals surface area contributed by atoms with E-state index in [0.29, 0.717) is 11.1 Å². The Hall–Kier alpha value is -5.88. The van der Waals surface area contributed by atoms with E-state index in [4.69, 9.17) is 4.42 Å². The molecule has 0 aliphatic carbocycles. The van der Waals surface area contributed by atoms with Gasteiger partial charge in [0.05, 0.1) is 44.7 Å². The summed E-state index contributed by atoms with van der Waals surface area (Å²) in [6, 6.07) is 43.8. The van der Waals surface area contributed by atoms with Crippen LogP contribution in [-0.2, 0) is 0 Å².